The first-order valence-electron chi connectivity index (χ1n) is 14.1. The lowest BCUT2D eigenvalue weighted by Gasteiger charge is -2.14. The molecule has 0 aliphatic carbocycles. The quantitative estimate of drug-likeness (QED) is 0.0561. The Balaban J connectivity index is 3.80. The molecule has 0 rings (SSSR count). The Labute approximate surface area is 244 Å². The van der Waals surface area contributed by atoms with Gasteiger partial charge in [-0.2, -0.15) is 0 Å². The van der Waals surface area contributed by atoms with Crippen molar-refractivity contribution in [2.24, 2.45) is 0 Å². The zero-order chi connectivity index (χ0) is 30.4. The second-order valence-electron chi connectivity index (χ2n) is 8.71. The first-order valence-corrected chi connectivity index (χ1v) is 14.1. The van der Waals surface area contributed by atoms with Crippen molar-refractivity contribution >= 4 is 23.9 Å². The van der Waals surface area contributed by atoms with Crippen molar-refractivity contribution in [2.45, 2.75) is 77.2 Å². The highest BCUT2D eigenvalue weighted by Crippen LogP contribution is 2.03. The number of unbranched alkanes of at least 4 members (excludes halogenated alkanes) is 1. The van der Waals surface area contributed by atoms with Crippen molar-refractivity contribution in [1.82, 2.24) is 0 Å². The van der Waals surface area contributed by atoms with Crippen LogP contribution in [0.3, 0.4) is 0 Å². The van der Waals surface area contributed by atoms with Crippen molar-refractivity contribution in [3.05, 3.63) is 72.9 Å². The van der Waals surface area contributed by atoms with Crippen LogP contribution in [0.1, 0.15) is 71.1 Å². The lowest BCUT2D eigenvalue weighted by Crippen LogP contribution is -2.28. The van der Waals surface area contributed by atoms with Gasteiger partial charge in [0.25, 0.3) is 0 Å². The molecule has 0 radical (unpaired) electrons. The van der Waals surface area contributed by atoms with Crippen LogP contribution in [0.4, 0.5) is 0 Å². The van der Waals surface area contributed by atoms with Gasteiger partial charge in [0.05, 0.1) is 20.3 Å². The monoisotopic (exact) mass is 574 g/mol. The Morgan fingerprint density at radius 1 is 0.683 bits per heavy atom. The largest absolute Gasteiger partial charge is 0.466 e. The zero-order valence-corrected chi connectivity index (χ0v) is 24.4. The van der Waals surface area contributed by atoms with E-state index in [1.165, 1.54) is 0 Å². The Morgan fingerprint density at radius 2 is 1.20 bits per heavy atom. The van der Waals surface area contributed by atoms with Crippen molar-refractivity contribution in [3.8, 4) is 0 Å². The van der Waals surface area contributed by atoms with Gasteiger partial charge in [-0.05, 0) is 51.4 Å². The molecule has 0 amide bonds. The van der Waals surface area contributed by atoms with E-state index in [9.17, 15) is 24.3 Å². The molecule has 9 heteroatoms. The van der Waals surface area contributed by atoms with E-state index in [0.717, 1.165) is 57.8 Å². The summed E-state index contributed by atoms with van der Waals surface area (Å²) in [6, 6.07) is 0. The first kappa shape index (κ1) is 37.3. The summed E-state index contributed by atoms with van der Waals surface area (Å²) in [7, 11) is 1.16. The van der Waals surface area contributed by atoms with Gasteiger partial charge < -0.3 is 24.1 Å². The molecule has 0 saturated heterocycles. The van der Waals surface area contributed by atoms with Gasteiger partial charge >= 0.3 is 23.9 Å². The zero-order valence-electron chi connectivity index (χ0n) is 24.4. The molecule has 0 aromatic carbocycles. The predicted molar refractivity (Wildman–Crippen MR) is 158 cm³/mol. The average Bonchev–Trinajstić information content (AvgIpc) is 2.97. The molecule has 0 heterocycles. The number of hydrogen-bond acceptors (Lipinski definition) is 9. The Kier molecular flexibility index (Phi) is 25.3. The van der Waals surface area contributed by atoms with Gasteiger partial charge in [-0.3, -0.25) is 9.59 Å². The van der Waals surface area contributed by atoms with Crippen LogP contribution in [0.2, 0.25) is 0 Å². The fourth-order valence-corrected chi connectivity index (χ4v) is 3.00. The number of carbonyl (C=O) groups excluding carboxylic acids is 4. The molecule has 0 spiro atoms. The van der Waals surface area contributed by atoms with E-state index in [1.54, 1.807) is 0 Å². The van der Waals surface area contributed by atoms with Crippen LogP contribution in [0.15, 0.2) is 72.9 Å². The number of aliphatic hydroxyl groups excluding tert-OH is 1. The van der Waals surface area contributed by atoms with E-state index in [-0.39, 0.29) is 32.0 Å². The summed E-state index contributed by atoms with van der Waals surface area (Å²) in [6.45, 7) is 1.31. The van der Waals surface area contributed by atoms with Gasteiger partial charge in [0.15, 0.2) is 6.10 Å². The average molecular weight is 575 g/mol. The summed E-state index contributed by atoms with van der Waals surface area (Å²) < 4.78 is 19.3. The normalized spacial score (nSPS) is 12.8. The van der Waals surface area contributed by atoms with E-state index in [4.69, 9.17) is 14.2 Å². The molecule has 228 valence electrons. The molecule has 0 bridgehead atoms. The summed E-state index contributed by atoms with van der Waals surface area (Å²) >= 11 is 0. The minimum absolute atomic E-state index is 0.00164. The maximum absolute atomic E-state index is 11.8. The van der Waals surface area contributed by atoms with Crippen LogP contribution in [-0.2, 0) is 38.1 Å². The third-order valence-corrected chi connectivity index (χ3v) is 5.17. The topological polar surface area (TPSA) is 125 Å². The van der Waals surface area contributed by atoms with E-state index < -0.39 is 30.6 Å². The minimum Gasteiger partial charge on any atom is -0.466 e. The molecular formula is C32H46O9. The van der Waals surface area contributed by atoms with Crippen LogP contribution in [0.5, 0.6) is 0 Å². The SMILES string of the molecule is CC/C=C\C/C=C\C/C=C\C/C=C\C/C=C\CCCC(=O)OCCCC(=O)OCC(CO)OC(=O)/C=C/C(=O)OC. The van der Waals surface area contributed by atoms with Crippen LogP contribution in [-0.4, -0.2) is 62.0 Å². The third-order valence-electron chi connectivity index (χ3n) is 5.17. The van der Waals surface area contributed by atoms with Gasteiger partial charge in [0.2, 0.25) is 0 Å². The molecule has 0 aromatic heterocycles. The third kappa shape index (κ3) is 26.3. The molecule has 0 aliphatic rings. The van der Waals surface area contributed by atoms with Crippen molar-refractivity contribution in [3.63, 3.8) is 0 Å². The Hall–Kier alpha value is -3.72. The molecule has 41 heavy (non-hydrogen) atoms. The van der Waals surface area contributed by atoms with Gasteiger partial charge in [0, 0.05) is 25.0 Å². The number of methoxy groups -OCH3 is 1. The minimum atomic E-state index is -1.07. The summed E-state index contributed by atoms with van der Waals surface area (Å²) in [5.41, 5.74) is 0. The fourth-order valence-electron chi connectivity index (χ4n) is 3.00. The number of allylic oxidation sites excluding steroid dienone is 10. The number of hydrogen-bond donors (Lipinski definition) is 1. The highest BCUT2D eigenvalue weighted by atomic mass is 16.6. The molecule has 0 fully saturated rings. The van der Waals surface area contributed by atoms with Gasteiger partial charge in [0.1, 0.15) is 6.61 Å². The van der Waals surface area contributed by atoms with E-state index in [1.807, 2.05) is 6.08 Å². The standard InChI is InChI=1S/C32H46O9/c1-3-4-5-6-7-8-9-10-11-12-13-14-15-16-17-18-19-21-30(35)39-25-20-22-31(36)40-27-28(26-33)41-32(37)24-23-29(34)38-2/h4-5,7-8,10-11,13-14,16-17,23-24,28,33H,3,6,9,12,15,18-22,25-27H2,1-2H3/b5-4-,8-7-,11-10-,14-13-,17-16-,24-23+. The Morgan fingerprint density at radius 3 is 1.76 bits per heavy atom. The molecule has 0 aliphatic heterocycles. The van der Waals surface area contributed by atoms with Crippen molar-refractivity contribution in [1.29, 1.82) is 0 Å². The first-order chi connectivity index (χ1) is 19.9. The Bertz CT molecular complexity index is 910. The molecule has 1 N–H and O–H groups in total. The number of aliphatic hydroxyl groups is 1. The number of ether oxygens (including phenoxy) is 4. The van der Waals surface area contributed by atoms with Crippen LogP contribution < -0.4 is 0 Å². The van der Waals surface area contributed by atoms with E-state index >= 15 is 0 Å². The van der Waals surface area contributed by atoms with Crippen molar-refractivity contribution < 1.29 is 43.2 Å². The molecular weight excluding hydrogens is 528 g/mol. The van der Waals surface area contributed by atoms with Gasteiger partial charge in [-0.1, -0.05) is 67.7 Å². The second kappa shape index (κ2) is 27.8. The summed E-state index contributed by atoms with van der Waals surface area (Å²) in [5, 5.41) is 9.25. The summed E-state index contributed by atoms with van der Waals surface area (Å²) in [5.74, 6) is -2.53. The lowest BCUT2D eigenvalue weighted by atomic mass is 10.2. The maximum Gasteiger partial charge on any atom is 0.331 e. The number of rotatable bonds is 23. The van der Waals surface area contributed by atoms with E-state index in [0.29, 0.717) is 12.8 Å². The predicted octanol–water partition coefficient (Wildman–Crippen LogP) is 5.41. The van der Waals surface area contributed by atoms with Crippen LogP contribution in [0, 0.1) is 0 Å². The maximum atomic E-state index is 11.8. The van der Waals surface area contributed by atoms with E-state index in [2.05, 4.69) is 66.3 Å². The molecule has 1 unspecified atom stereocenters. The summed E-state index contributed by atoms with van der Waals surface area (Å²) in [6.07, 6.45) is 28.9. The summed E-state index contributed by atoms with van der Waals surface area (Å²) in [4.78, 5) is 46.1. The molecule has 1 atom stereocenters. The molecule has 0 saturated carbocycles. The van der Waals surface area contributed by atoms with Crippen LogP contribution >= 0.6 is 0 Å². The second-order valence-corrected chi connectivity index (χ2v) is 8.71. The fraction of sp³-hybridized carbons (Fsp3) is 0.500. The molecule has 0 aromatic rings. The highest BCUT2D eigenvalue weighted by Gasteiger charge is 2.15. The number of carbonyl (C=O) groups is 4. The van der Waals surface area contributed by atoms with Crippen molar-refractivity contribution in [2.75, 3.05) is 26.9 Å². The van der Waals surface area contributed by atoms with Crippen LogP contribution in [0.25, 0.3) is 0 Å². The molecule has 9 nitrogen and oxygen atoms in total. The van der Waals surface area contributed by atoms with Gasteiger partial charge in [-0.25, -0.2) is 9.59 Å². The van der Waals surface area contributed by atoms with Gasteiger partial charge in [-0.15, -0.1) is 0 Å². The highest BCUT2D eigenvalue weighted by molar-refractivity contribution is 5.91. The number of esters is 4. The smallest absolute Gasteiger partial charge is 0.331 e. The lowest BCUT2D eigenvalue weighted by molar-refractivity contribution is -0.158.